The van der Waals surface area contributed by atoms with Gasteiger partial charge >= 0.3 is 0 Å². The lowest BCUT2D eigenvalue weighted by atomic mass is 9.91. The summed E-state index contributed by atoms with van der Waals surface area (Å²) in [6, 6.07) is 6.43. The normalized spacial score (nSPS) is 19.9. The number of aryl methyl sites for hydroxylation is 1. The standard InChI is InChI=1S/C23H31N7O/c1-27-11-13-29(14-12-27)23-25-10-8-21-26-18(20(16-31)30(21)23)15-28(2)19-7-3-5-17-6-4-9-24-22(17)19/h4,6,8-10,19,31H,3,5,7,11-16H2,1-2H3/t19-/m0/s1. The topological polar surface area (TPSA) is 73.0 Å². The van der Waals surface area contributed by atoms with Crippen molar-refractivity contribution in [2.24, 2.45) is 0 Å². The molecule has 0 amide bonds. The molecule has 1 atom stereocenters. The zero-order chi connectivity index (χ0) is 21.4. The van der Waals surface area contributed by atoms with Crippen LogP contribution in [-0.2, 0) is 19.6 Å². The largest absolute Gasteiger partial charge is 0.390 e. The average molecular weight is 422 g/mol. The Kier molecular flexibility index (Phi) is 5.60. The van der Waals surface area contributed by atoms with E-state index < -0.39 is 0 Å². The van der Waals surface area contributed by atoms with E-state index in [0.29, 0.717) is 6.54 Å². The van der Waals surface area contributed by atoms with Crippen LogP contribution >= 0.6 is 0 Å². The lowest BCUT2D eigenvalue weighted by molar-refractivity contribution is 0.203. The maximum Gasteiger partial charge on any atom is 0.211 e. The van der Waals surface area contributed by atoms with Crippen LogP contribution in [0.5, 0.6) is 0 Å². The minimum absolute atomic E-state index is 0.0592. The first kappa shape index (κ1) is 20.4. The number of aliphatic hydroxyl groups is 1. The fourth-order valence-electron chi connectivity index (χ4n) is 4.96. The van der Waals surface area contributed by atoms with Gasteiger partial charge in [0.05, 0.1) is 29.7 Å². The van der Waals surface area contributed by atoms with Gasteiger partial charge in [-0.2, -0.15) is 0 Å². The Labute approximate surface area is 183 Å². The molecule has 164 valence electrons. The van der Waals surface area contributed by atoms with Crippen LogP contribution in [0.2, 0.25) is 0 Å². The molecule has 1 aliphatic carbocycles. The van der Waals surface area contributed by atoms with Gasteiger partial charge < -0.3 is 14.9 Å². The molecule has 1 N–H and O–H groups in total. The molecule has 3 aromatic heterocycles. The number of pyridine rings is 1. The van der Waals surface area contributed by atoms with Crippen molar-refractivity contribution < 1.29 is 5.11 Å². The van der Waals surface area contributed by atoms with E-state index in [0.717, 1.165) is 62.0 Å². The quantitative estimate of drug-likeness (QED) is 0.674. The van der Waals surface area contributed by atoms with Gasteiger partial charge in [0.15, 0.2) is 0 Å². The van der Waals surface area contributed by atoms with Crippen LogP contribution in [0.1, 0.15) is 41.5 Å². The van der Waals surface area contributed by atoms with Gasteiger partial charge in [-0.1, -0.05) is 6.07 Å². The van der Waals surface area contributed by atoms with Gasteiger partial charge in [-0.15, -0.1) is 0 Å². The summed E-state index contributed by atoms with van der Waals surface area (Å²) in [5.41, 5.74) is 5.13. The first-order chi connectivity index (χ1) is 15.2. The molecule has 8 nitrogen and oxygen atoms in total. The molecule has 0 saturated carbocycles. The zero-order valence-corrected chi connectivity index (χ0v) is 18.4. The number of likely N-dealkylation sites (N-methyl/N-ethyl adjacent to an activating group) is 1. The first-order valence-corrected chi connectivity index (χ1v) is 11.2. The van der Waals surface area contributed by atoms with Crippen molar-refractivity contribution in [3.63, 3.8) is 0 Å². The molecule has 1 fully saturated rings. The summed E-state index contributed by atoms with van der Waals surface area (Å²) in [5, 5.41) is 10.3. The molecule has 5 rings (SSSR count). The van der Waals surface area contributed by atoms with Crippen LogP contribution in [-0.4, -0.2) is 74.5 Å². The summed E-state index contributed by atoms with van der Waals surface area (Å²) < 4.78 is 2.04. The Morgan fingerprint density at radius 3 is 2.77 bits per heavy atom. The fraction of sp³-hybridized carbons (Fsp3) is 0.522. The monoisotopic (exact) mass is 421 g/mol. The summed E-state index contributed by atoms with van der Waals surface area (Å²) >= 11 is 0. The summed E-state index contributed by atoms with van der Waals surface area (Å²) in [6.07, 6.45) is 7.08. The van der Waals surface area contributed by atoms with Gasteiger partial charge in [0.25, 0.3) is 0 Å². The molecule has 1 aliphatic heterocycles. The fourth-order valence-corrected chi connectivity index (χ4v) is 4.96. The molecule has 0 unspecified atom stereocenters. The highest BCUT2D eigenvalue weighted by molar-refractivity contribution is 5.51. The molecule has 0 bridgehead atoms. The van der Waals surface area contributed by atoms with E-state index in [9.17, 15) is 5.11 Å². The number of fused-ring (bicyclic) bond motifs is 2. The Morgan fingerprint density at radius 1 is 1.13 bits per heavy atom. The van der Waals surface area contributed by atoms with Crippen molar-refractivity contribution in [1.82, 2.24) is 29.2 Å². The van der Waals surface area contributed by atoms with Gasteiger partial charge in [0, 0.05) is 45.1 Å². The molecule has 0 spiro atoms. The van der Waals surface area contributed by atoms with Crippen LogP contribution in [0, 0.1) is 0 Å². The summed E-state index contributed by atoms with van der Waals surface area (Å²) in [6.45, 7) is 4.46. The van der Waals surface area contributed by atoms with Crippen molar-refractivity contribution in [2.75, 3.05) is 45.2 Å². The van der Waals surface area contributed by atoms with E-state index in [1.165, 1.54) is 17.7 Å². The molecule has 0 radical (unpaired) electrons. The number of anilines is 1. The van der Waals surface area contributed by atoms with Crippen LogP contribution in [0.25, 0.3) is 5.65 Å². The number of hydrogen-bond acceptors (Lipinski definition) is 7. The third-order valence-electron chi connectivity index (χ3n) is 6.73. The van der Waals surface area contributed by atoms with Gasteiger partial charge in [-0.05, 0) is 51.1 Å². The number of piperazine rings is 1. The third-order valence-corrected chi connectivity index (χ3v) is 6.73. The molecule has 2 aliphatic rings. The lowest BCUT2D eigenvalue weighted by Gasteiger charge is -2.33. The second-order valence-electron chi connectivity index (χ2n) is 8.76. The summed E-state index contributed by atoms with van der Waals surface area (Å²) in [7, 11) is 4.28. The molecule has 0 aromatic carbocycles. The second-order valence-corrected chi connectivity index (χ2v) is 8.76. The number of nitrogens with zero attached hydrogens (tertiary/aromatic N) is 7. The van der Waals surface area contributed by atoms with Crippen molar-refractivity contribution in [3.05, 3.63) is 53.2 Å². The molecule has 8 heteroatoms. The Morgan fingerprint density at radius 2 is 1.97 bits per heavy atom. The van der Waals surface area contributed by atoms with E-state index in [1.807, 2.05) is 28.9 Å². The smallest absolute Gasteiger partial charge is 0.211 e. The Bertz CT molecular complexity index is 1060. The number of hydrogen-bond donors (Lipinski definition) is 1. The van der Waals surface area contributed by atoms with Crippen molar-refractivity contribution >= 4 is 11.6 Å². The maximum atomic E-state index is 10.3. The SMILES string of the molecule is CN1CCN(c2nccc3nc(CN(C)[C@H]4CCCc5cccnc54)c(CO)n23)CC1. The van der Waals surface area contributed by atoms with Crippen LogP contribution in [0.3, 0.4) is 0 Å². The highest BCUT2D eigenvalue weighted by Crippen LogP contribution is 2.33. The highest BCUT2D eigenvalue weighted by atomic mass is 16.3. The minimum Gasteiger partial charge on any atom is -0.390 e. The number of rotatable bonds is 5. The first-order valence-electron chi connectivity index (χ1n) is 11.2. The molecule has 4 heterocycles. The predicted octanol–water partition coefficient (Wildman–Crippen LogP) is 1.88. The van der Waals surface area contributed by atoms with Gasteiger partial charge in [-0.25, -0.2) is 9.97 Å². The average Bonchev–Trinajstić information content (AvgIpc) is 3.16. The van der Waals surface area contributed by atoms with E-state index in [-0.39, 0.29) is 12.6 Å². The zero-order valence-electron chi connectivity index (χ0n) is 18.4. The van der Waals surface area contributed by atoms with Crippen LogP contribution < -0.4 is 4.90 Å². The van der Waals surface area contributed by atoms with Gasteiger partial charge in [0.1, 0.15) is 5.65 Å². The number of imidazole rings is 1. The van der Waals surface area contributed by atoms with Gasteiger partial charge in [0.2, 0.25) is 5.95 Å². The van der Waals surface area contributed by atoms with Gasteiger partial charge in [-0.3, -0.25) is 14.3 Å². The van der Waals surface area contributed by atoms with Crippen LogP contribution in [0.15, 0.2) is 30.6 Å². The van der Waals surface area contributed by atoms with Crippen molar-refractivity contribution in [3.8, 4) is 0 Å². The number of aromatic nitrogens is 4. The summed E-state index contributed by atoms with van der Waals surface area (Å²) in [4.78, 5) is 21.2. The van der Waals surface area contributed by atoms with E-state index in [1.54, 1.807) is 0 Å². The molecule has 31 heavy (non-hydrogen) atoms. The Hall–Kier alpha value is -2.55. The minimum atomic E-state index is -0.0592. The number of aliphatic hydroxyl groups excluding tert-OH is 1. The predicted molar refractivity (Wildman–Crippen MR) is 120 cm³/mol. The molecule has 1 saturated heterocycles. The molecule has 3 aromatic rings. The second kappa shape index (κ2) is 8.53. The maximum absolute atomic E-state index is 10.3. The lowest BCUT2D eigenvalue weighted by Crippen LogP contribution is -2.45. The molecular weight excluding hydrogens is 390 g/mol. The van der Waals surface area contributed by atoms with Crippen LogP contribution in [0.4, 0.5) is 5.95 Å². The van der Waals surface area contributed by atoms with E-state index in [4.69, 9.17) is 9.97 Å². The Balaban J connectivity index is 1.46. The van der Waals surface area contributed by atoms with Crippen molar-refractivity contribution in [1.29, 1.82) is 0 Å². The highest BCUT2D eigenvalue weighted by Gasteiger charge is 2.27. The van der Waals surface area contributed by atoms with Crippen molar-refractivity contribution in [2.45, 2.75) is 38.5 Å². The van der Waals surface area contributed by atoms with E-state index >= 15 is 0 Å². The molecular formula is C23H31N7O. The summed E-state index contributed by atoms with van der Waals surface area (Å²) in [5.74, 6) is 0.876. The third kappa shape index (κ3) is 3.79. The van der Waals surface area contributed by atoms with E-state index in [2.05, 4.69) is 39.8 Å².